The van der Waals surface area contributed by atoms with Crippen molar-refractivity contribution in [2.24, 2.45) is 0 Å². The van der Waals surface area contributed by atoms with Gasteiger partial charge >= 0.3 is 0 Å². The van der Waals surface area contributed by atoms with Gasteiger partial charge in [0.05, 0.1) is 12.3 Å². The molecule has 1 aliphatic rings. The highest BCUT2D eigenvalue weighted by Gasteiger charge is 2.30. The van der Waals surface area contributed by atoms with Gasteiger partial charge in [0.15, 0.2) is 0 Å². The minimum atomic E-state index is -0.429. The third-order valence-electron chi connectivity index (χ3n) is 2.04. The van der Waals surface area contributed by atoms with Gasteiger partial charge in [-0.05, 0) is 0 Å². The largest absolute Gasteiger partial charge is 0.389 e. The van der Waals surface area contributed by atoms with Crippen LogP contribution in [0.5, 0.6) is 0 Å². The molecule has 0 unspecified atom stereocenters. The molecule has 0 saturated carbocycles. The standard InChI is InChI=1S/C8H9N3O3/c12-5-3-11(4-5)8(14)6-1-10-7(13)2-9-6/h1-2,5,12H,3-4H2,(H,10,13). The highest BCUT2D eigenvalue weighted by molar-refractivity contribution is 5.92. The summed E-state index contributed by atoms with van der Waals surface area (Å²) in [6.07, 6.45) is 1.90. The minimum Gasteiger partial charge on any atom is -0.389 e. The maximum Gasteiger partial charge on any atom is 0.274 e. The van der Waals surface area contributed by atoms with Crippen LogP contribution in [0.3, 0.4) is 0 Å². The van der Waals surface area contributed by atoms with Crippen molar-refractivity contribution in [2.75, 3.05) is 13.1 Å². The van der Waals surface area contributed by atoms with Crippen molar-refractivity contribution < 1.29 is 9.90 Å². The normalized spacial score (nSPS) is 16.5. The second kappa shape index (κ2) is 3.22. The van der Waals surface area contributed by atoms with Crippen LogP contribution in [0.25, 0.3) is 0 Å². The SMILES string of the molecule is O=C(c1c[nH]c(=O)cn1)N1CC(O)C1. The van der Waals surface area contributed by atoms with Crippen molar-refractivity contribution in [3.8, 4) is 0 Å². The number of carbonyl (C=O) groups excluding carboxylic acids is 1. The van der Waals surface area contributed by atoms with E-state index in [1.807, 2.05) is 0 Å². The molecule has 2 heterocycles. The monoisotopic (exact) mass is 195 g/mol. The summed E-state index contributed by atoms with van der Waals surface area (Å²) in [5.41, 5.74) is -0.151. The molecule has 1 aliphatic heterocycles. The molecule has 1 amide bonds. The van der Waals surface area contributed by atoms with Crippen molar-refractivity contribution in [2.45, 2.75) is 6.10 Å². The molecule has 2 N–H and O–H groups in total. The zero-order valence-corrected chi connectivity index (χ0v) is 7.30. The van der Waals surface area contributed by atoms with Gasteiger partial charge in [-0.2, -0.15) is 0 Å². The molecule has 14 heavy (non-hydrogen) atoms. The van der Waals surface area contributed by atoms with Crippen LogP contribution in [-0.2, 0) is 0 Å². The zero-order valence-electron chi connectivity index (χ0n) is 7.30. The molecule has 6 heteroatoms. The summed E-state index contributed by atoms with van der Waals surface area (Å²) >= 11 is 0. The van der Waals surface area contributed by atoms with E-state index in [1.54, 1.807) is 0 Å². The van der Waals surface area contributed by atoms with Crippen molar-refractivity contribution in [1.29, 1.82) is 0 Å². The maximum atomic E-state index is 11.5. The Hall–Kier alpha value is -1.69. The van der Waals surface area contributed by atoms with E-state index in [0.29, 0.717) is 13.1 Å². The van der Waals surface area contributed by atoms with Gasteiger partial charge in [-0.25, -0.2) is 4.98 Å². The molecule has 0 aliphatic carbocycles. The number of aliphatic hydroxyl groups is 1. The first-order valence-electron chi connectivity index (χ1n) is 4.19. The molecule has 1 fully saturated rings. The summed E-state index contributed by atoms with van der Waals surface area (Å²) in [5.74, 6) is -0.272. The molecule has 74 valence electrons. The first-order chi connectivity index (χ1) is 6.66. The number of β-amino-alcohol motifs (C(OH)–C–C–N with tert-alkyl or cyclic N) is 1. The fourth-order valence-electron chi connectivity index (χ4n) is 1.24. The Labute approximate surface area is 79.2 Å². The average Bonchev–Trinajstić information content (AvgIpc) is 2.13. The Morgan fingerprint density at radius 2 is 2.36 bits per heavy atom. The predicted molar refractivity (Wildman–Crippen MR) is 46.8 cm³/mol. The third kappa shape index (κ3) is 1.51. The molecule has 0 spiro atoms. The Kier molecular flexibility index (Phi) is 2.05. The summed E-state index contributed by atoms with van der Waals surface area (Å²) in [5, 5.41) is 8.99. The fraction of sp³-hybridized carbons (Fsp3) is 0.375. The van der Waals surface area contributed by atoms with Crippen LogP contribution in [0.2, 0.25) is 0 Å². The number of aromatic nitrogens is 2. The van der Waals surface area contributed by atoms with Gasteiger partial charge in [-0.3, -0.25) is 9.59 Å². The lowest BCUT2D eigenvalue weighted by atomic mass is 10.1. The molecule has 0 radical (unpaired) electrons. The Morgan fingerprint density at radius 1 is 1.64 bits per heavy atom. The second-order valence-electron chi connectivity index (χ2n) is 3.16. The molecule has 0 atom stereocenters. The van der Waals surface area contributed by atoms with E-state index in [2.05, 4.69) is 9.97 Å². The maximum absolute atomic E-state index is 11.5. The van der Waals surface area contributed by atoms with Gasteiger partial charge in [-0.1, -0.05) is 0 Å². The lowest BCUT2D eigenvalue weighted by Gasteiger charge is -2.35. The summed E-state index contributed by atoms with van der Waals surface area (Å²) < 4.78 is 0. The summed E-state index contributed by atoms with van der Waals surface area (Å²) in [6.45, 7) is 0.666. The molecular formula is C8H9N3O3. The minimum absolute atomic E-state index is 0.191. The van der Waals surface area contributed by atoms with Crippen LogP contribution in [0, 0.1) is 0 Å². The van der Waals surface area contributed by atoms with Gasteiger partial charge in [0.1, 0.15) is 5.69 Å². The number of aromatic amines is 1. The highest BCUT2D eigenvalue weighted by atomic mass is 16.3. The van der Waals surface area contributed by atoms with E-state index < -0.39 is 6.10 Å². The Morgan fingerprint density at radius 3 is 2.86 bits per heavy atom. The van der Waals surface area contributed by atoms with Gasteiger partial charge in [0, 0.05) is 19.3 Å². The topological polar surface area (TPSA) is 86.3 Å². The quantitative estimate of drug-likeness (QED) is 0.576. The summed E-state index contributed by atoms with van der Waals surface area (Å²) in [6, 6.07) is 0. The number of aliphatic hydroxyl groups excluding tert-OH is 1. The summed E-state index contributed by atoms with van der Waals surface area (Å²) in [4.78, 5) is 29.7. The predicted octanol–water partition coefficient (Wildman–Crippen LogP) is -1.41. The van der Waals surface area contributed by atoms with E-state index in [1.165, 1.54) is 11.1 Å². The van der Waals surface area contributed by atoms with Crippen LogP contribution in [0.15, 0.2) is 17.2 Å². The van der Waals surface area contributed by atoms with Gasteiger partial charge < -0.3 is 15.0 Å². The van der Waals surface area contributed by atoms with Crippen LogP contribution >= 0.6 is 0 Å². The van der Waals surface area contributed by atoms with Crippen LogP contribution in [-0.4, -0.2) is 45.1 Å². The molecular weight excluding hydrogens is 186 g/mol. The molecule has 1 aromatic heterocycles. The first-order valence-corrected chi connectivity index (χ1v) is 4.19. The molecule has 1 aromatic rings. The van der Waals surface area contributed by atoms with Gasteiger partial charge in [-0.15, -0.1) is 0 Å². The number of hydrogen-bond donors (Lipinski definition) is 2. The number of H-pyrrole nitrogens is 1. The number of rotatable bonds is 1. The molecule has 0 bridgehead atoms. The molecule has 0 aromatic carbocycles. The Bertz CT molecular complexity index is 388. The van der Waals surface area contributed by atoms with Crippen molar-refractivity contribution in [1.82, 2.24) is 14.9 Å². The highest BCUT2D eigenvalue weighted by Crippen LogP contribution is 2.10. The number of hydrogen-bond acceptors (Lipinski definition) is 4. The molecule has 6 nitrogen and oxygen atoms in total. The van der Waals surface area contributed by atoms with Crippen molar-refractivity contribution in [3.05, 3.63) is 28.4 Å². The van der Waals surface area contributed by atoms with E-state index >= 15 is 0 Å². The lowest BCUT2D eigenvalue weighted by molar-refractivity contribution is 0.00546. The average molecular weight is 195 g/mol. The fourth-order valence-corrected chi connectivity index (χ4v) is 1.24. The number of nitrogens with one attached hydrogen (secondary N) is 1. The molecule has 1 saturated heterocycles. The smallest absolute Gasteiger partial charge is 0.274 e. The number of carbonyl (C=O) groups is 1. The zero-order chi connectivity index (χ0) is 10.1. The van der Waals surface area contributed by atoms with Crippen LogP contribution < -0.4 is 5.56 Å². The molecule has 2 rings (SSSR count). The van der Waals surface area contributed by atoms with E-state index in [4.69, 9.17) is 5.11 Å². The second-order valence-corrected chi connectivity index (χ2v) is 3.16. The van der Waals surface area contributed by atoms with Crippen molar-refractivity contribution >= 4 is 5.91 Å². The van der Waals surface area contributed by atoms with Gasteiger partial charge in [0.2, 0.25) is 0 Å². The number of amides is 1. The van der Waals surface area contributed by atoms with E-state index in [9.17, 15) is 9.59 Å². The van der Waals surface area contributed by atoms with E-state index in [0.717, 1.165) is 6.20 Å². The first kappa shape index (κ1) is 8.89. The van der Waals surface area contributed by atoms with Crippen LogP contribution in [0.4, 0.5) is 0 Å². The number of nitrogens with zero attached hydrogens (tertiary/aromatic N) is 2. The Balaban J connectivity index is 2.12. The van der Waals surface area contributed by atoms with Crippen molar-refractivity contribution in [3.63, 3.8) is 0 Å². The third-order valence-corrected chi connectivity index (χ3v) is 2.04. The van der Waals surface area contributed by atoms with Gasteiger partial charge in [0.25, 0.3) is 11.5 Å². The lowest BCUT2D eigenvalue weighted by Crippen LogP contribution is -2.53. The summed E-state index contributed by atoms with van der Waals surface area (Å²) in [7, 11) is 0. The van der Waals surface area contributed by atoms with Crippen LogP contribution in [0.1, 0.15) is 10.5 Å². The van der Waals surface area contributed by atoms with E-state index in [-0.39, 0.29) is 17.2 Å². The number of likely N-dealkylation sites (tertiary alicyclic amines) is 1.